The molecule has 0 spiro atoms. The monoisotopic (exact) mass is 440 g/mol. The Morgan fingerprint density at radius 1 is 1.03 bits per heavy atom. The highest BCUT2D eigenvalue weighted by Gasteiger charge is 2.12. The molecule has 0 atom stereocenters. The molecule has 0 saturated carbocycles. The highest BCUT2D eigenvalue weighted by molar-refractivity contribution is 5.92. The number of hydrogen-bond donors (Lipinski definition) is 2. The van der Waals surface area contributed by atoms with Crippen LogP contribution in [0.15, 0.2) is 77.6 Å². The van der Waals surface area contributed by atoms with Gasteiger partial charge >= 0.3 is 0 Å². The number of ether oxygens (including phenoxy) is 1. The van der Waals surface area contributed by atoms with Gasteiger partial charge in [0.1, 0.15) is 28.5 Å². The molecule has 3 heterocycles. The van der Waals surface area contributed by atoms with E-state index in [1.165, 1.54) is 6.20 Å². The van der Waals surface area contributed by atoms with E-state index < -0.39 is 0 Å². The van der Waals surface area contributed by atoms with Gasteiger partial charge in [-0.1, -0.05) is 12.1 Å². The van der Waals surface area contributed by atoms with Gasteiger partial charge in [-0.05, 0) is 37.3 Å². The zero-order valence-corrected chi connectivity index (χ0v) is 17.9. The quantitative estimate of drug-likeness (QED) is 0.397. The van der Waals surface area contributed by atoms with Crippen molar-refractivity contribution in [2.75, 3.05) is 12.4 Å². The van der Waals surface area contributed by atoms with Crippen LogP contribution < -0.4 is 15.4 Å². The van der Waals surface area contributed by atoms with E-state index in [1.807, 2.05) is 48.0 Å². The fourth-order valence-electron chi connectivity index (χ4n) is 3.42. The van der Waals surface area contributed by atoms with Gasteiger partial charge in [-0.2, -0.15) is 4.98 Å². The van der Waals surface area contributed by atoms with Crippen molar-refractivity contribution >= 4 is 28.7 Å². The summed E-state index contributed by atoms with van der Waals surface area (Å²) in [6.07, 6.45) is 5.18. The number of para-hydroxylation sites is 2. The average Bonchev–Trinajstić information content (AvgIpc) is 3.44. The molecule has 0 aliphatic rings. The third kappa shape index (κ3) is 4.11. The average molecular weight is 440 g/mol. The summed E-state index contributed by atoms with van der Waals surface area (Å²) >= 11 is 0. The van der Waals surface area contributed by atoms with Crippen LogP contribution in [-0.4, -0.2) is 32.5 Å². The number of carbonyl (C=O) groups excluding carboxylic acids is 1. The number of nitrogens with zero attached hydrogens (tertiary/aromatic N) is 4. The third-order valence-corrected chi connectivity index (χ3v) is 5.02. The molecule has 164 valence electrons. The summed E-state index contributed by atoms with van der Waals surface area (Å²) in [5.74, 6) is 1.63. The minimum absolute atomic E-state index is 0.272. The second kappa shape index (κ2) is 8.46. The van der Waals surface area contributed by atoms with Gasteiger partial charge in [-0.3, -0.25) is 9.78 Å². The molecule has 3 aromatic heterocycles. The Kier molecular flexibility index (Phi) is 5.19. The normalized spacial score (nSPS) is 10.8. The van der Waals surface area contributed by atoms with Crippen molar-refractivity contribution in [3.8, 4) is 17.2 Å². The largest absolute Gasteiger partial charge is 0.457 e. The van der Waals surface area contributed by atoms with Gasteiger partial charge in [0.25, 0.3) is 11.9 Å². The molecule has 0 aliphatic heterocycles. The predicted octanol–water partition coefficient (Wildman–Crippen LogP) is 4.61. The maximum absolute atomic E-state index is 11.8. The van der Waals surface area contributed by atoms with E-state index in [0.29, 0.717) is 28.6 Å². The Morgan fingerprint density at radius 2 is 1.88 bits per heavy atom. The molecule has 0 aliphatic carbocycles. The molecule has 0 fully saturated rings. The number of nitrogens with one attached hydrogen (secondary N) is 2. The van der Waals surface area contributed by atoms with Crippen LogP contribution in [0.1, 0.15) is 16.3 Å². The van der Waals surface area contributed by atoms with E-state index >= 15 is 0 Å². The highest BCUT2D eigenvalue weighted by Crippen LogP contribution is 2.30. The van der Waals surface area contributed by atoms with Gasteiger partial charge in [-0.15, -0.1) is 0 Å². The summed E-state index contributed by atoms with van der Waals surface area (Å²) in [5.41, 5.74) is 3.28. The van der Waals surface area contributed by atoms with E-state index in [0.717, 1.165) is 17.2 Å². The Labute approximate surface area is 189 Å². The van der Waals surface area contributed by atoms with Crippen molar-refractivity contribution in [3.63, 3.8) is 0 Å². The Hall–Kier alpha value is -4.66. The number of carbonyl (C=O) groups is 1. The van der Waals surface area contributed by atoms with E-state index in [2.05, 4.69) is 25.6 Å². The van der Waals surface area contributed by atoms with E-state index in [9.17, 15) is 4.79 Å². The molecular formula is C24H20N6O3. The fourth-order valence-corrected chi connectivity index (χ4v) is 3.42. The van der Waals surface area contributed by atoms with Crippen LogP contribution in [-0.2, 0) is 0 Å². The molecule has 5 aromatic rings. The van der Waals surface area contributed by atoms with Crippen LogP contribution in [0.4, 0.5) is 11.7 Å². The number of benzene rings is 2. The van der Waals surface area contributed by atoms with Gasteiger partial charge < -0.3 is 24.4 Å². The first-order chi connectivity index (χ1) is 16.1. The lowest BCUT2D eigenvalue weighted by molar-refractivity contribution is 0.0958. The minimum atomic E-state index is -0.284. The number of imidazole rings is 1. The maximum Gasteiger partial charge on any atom is 0.300 e. The zero-order valence-electron chi connectivity index (χ0n) is 17.9. The maximum atomic E-state index is 11.8. The number of pyridine rings is 1. The SMILES string of the molecule is CNC(=O)c1cc(Oc2ccc3nc(Nc4ccccc4-n4ccnc4C)oc3c2)ccn1. The van der Waals surface area contributed by atoms with Gasteiger partial charge in [0.2, 0.25) is 0 Å². The molecule has 0 saturated heterocycles. The summed E-state index contributed by atoms with van der Waals surface area (Å²) in [5, 5.41) is 5.80. The summed E-state index contributed by atoms with van der Waals surface area (Å²) in [7, 11) is 1.55. The molecule has 0 bridgehead atoms. The summed E-state index contributed by atoms with van der Waals surface area (Å²) in [4.78, 5) is 24.7. The molecule has 9 heteroatoms. The van der Waals surface area contributed by atoms with Crippen molar-refractivity contribution in [1.82, 2.24) is 24.8 Å². The van der Waals surface area contributed by atoms with Crippen LogP contribution in [0.2, 0.25) is 0 Å². The number of aromatic nitrogens is 4. The number of rotatable bonds is 6. The molecule has 1 amide bonds. The van der Waals surface area contributed by atoms with Gasteiger partial charge in [0, 0.05) is 37.8 Å². The second-order valence-corrected chi connectivity index (χ2v) is 7.19. The highest BCUT2D eigenvalue weighted by atomic mass is 16.5. The first kappa shape index (κ1) is 20.3. The number of hydrogen-bond acceptors (Lipinski definition) is 7. The molecule has 0 radical (unpaired) electrons. The molecule has 2 N–H and O–H groups in total. The topological polar surface area (TPSA) is 107 Å². The van der Waals surface area contributed by atoms with E-state index in [4.69, 9.17) is 9.15 Å². The molecule has 33 heavy (non-hydrogen) atoms. The lowest BCUT2D eigenvalue weighted by Crippen LogP contribution is -2.18. The van der Waals surface area contributed by atoms with Crippen LogP contribution in [0.25, 0.3) is 16.8 Å². The number of anilines is 2. The third-order valence-electron chi connectivity index (χ3n) is 5.02. The molecule has 0 unspecified atom stereocenters. The van der Waals surface area contributed by atoms with Gasteiger partial charge in [-0.25, -0.2) is 4.98 Å². The Bertz CT molecular complexity index is 1460. The fraction of sp³-hybridized carbons (Fsp3) is 0.0833. The van der Waals surface area contributed by atoms with Crippen molar-refractivity contribution in [2.45, 2.75) is 6.92 Å². The van der Waals surface area contributed by atoms with Crippen molar-refractivity contribution in [2.24, 2.45) is 0 Å². The molecule has 2 aromatic carbocycles. The van der Waals surface area contributed by atoms with Crippen molar-refractivity contribution in [1.29, 1.82) is 0 Å². The standard InChI is InChI=1S/C24H20N6O3/c1-15-26-11-12-30(15)21-6-4-3-5-18(21)28-24-29-19-8-7-16(14-22(19)33-24)32-17-9-10-27-20(13-17)23(31)25-2/h3-14H,1-2H3,(H,25,31)(H,28,29). The number of fused-ring (bicyclic) bond motifs is 1. The first-order valence-corrected chi connectivity index (χ1v) is 10.2. The number of amides is 1. The van der Waals surface area contributed by atoms with Crippen molar-refractivity contribution < 1.29 is 13.9 Å². The number of oxazole rings is 1. The minimum Gasteiger partial charge on any atom is -0.457 e. The second-order valence-electron chi connectivity index (χ2n) is 7.19. The first-order valence-electron chi connectivity index (χ1n) is 10.2. The van der Waals surface area contributed by atoms with Gasteiger partial charge in [0.15, 0.2) is 5.58 Å². The summed E-state index contributed by atoms with van der Waals surface area (Å²) in [6.45, 7) is 1.94. The Morgan fingerprint density at radius 3 is 2.70 bits per heavy atom. The van der Waals surface area contributed by atoms with Crippen LogP contribution in [0.5, 0.6) is 11.5 Å². The molecule has 5 rings (SSSR count). The smallest absolute Gasteiger partial charge is 0.300 e. The lowest BCUT2D eigenvalue weighted by Gasteiger charge is -2.11. The molecular weight excluding hydrogens is 420 g/mol. The zero-order chi connectivity index (χ0) is 22.8. The molecule has 9 nitrogen and oxygen atoms in total. The van der Waals surface area contributed by atoms with E-state index in [1.54, 1.807) is 37.5 Å². The van der Waals surface area contributed by atoms with Crippen molar-refractivity contribution in [3.05, 3.63) is 84.7 Å². The summed E-state index contributed by atoms with van der Waals surface area (Å²) < 4.78 is 13.8. The van der Waals surface area contributed by atoms with Crippen LogP contribution in [0.3, 0.4) is 0 Å². The summed E-state index contributed by atoms with van der Waals surface area (Å²) in [6, 6.07) is 16.8. The predicted molar refractivity (Wildman–Crippen MR) is 123 cm³/mol. The number of aryl methyl sites for hydroxylation is 1. The van der Waals surface area contributed by atoms with Crippen LogP contribution >= 0.6 is 0 Å². The van der Waals surface area contributed by atoms with Gasteiger partial charge in [0.05, 0.1) is 11.4 Å². The Balaban J connectivity index is 1.40. The van der Waals surface area contributed by atoms with Crippen LogP contribution in [0, 0.1) is 6.92 Å². The van der Waals surface area contributed by atoms with E-state index in [-0.39, 0.29) is 11.6 Å². The lowest BCUT2D eigenvalue weighted by atomic mass is 10.2.